The van der Waals surface area contributed by atoms with E-state index in [9.17, 15) is 9.59 Å². The smallest absolute Gasteiger partial charge is 0.330 e. The largest absolute Gasteiger partial charge is 0.458 e. The molecule has 1 atom stereocenters. The number of esters is 1. The molecule has 1 N–H and O–H groups in total. The summed E-state index contributed by atoms with van der Waals surface area (Å²) in [4.78, 5) is 22.8. The number of carbonyl (C=O) groups excluding carboxylic acids is 2. The second kappa shape index (κ2) is 5.24. The molecule has 82 valence electrons. The highest BCUT2D eigenvalue weighted by Gasteiger charge is 2.24. The van der Waals surface area contributed by atoms with Crippen molar-refractivity contribution in [3.05, 3.63) is 0 Å². The molecule has 0 aromatic carbocycles. The molecule has 0 aliphatic carbocycles. The maximum atomic E-state index is 11.6. The van der Waals surface area contributed by atoms with Gasteiger partial charge in [-0.2, -0.15) is 12.6 Å². The monoisotopic (exact) mass is 222 g/mol. The minimum absolute atomic E-state index is 0.0310. The van der Waals surface area contributed by atoms with Crippen molar-refractivity contribution in [2.75, 3.05) is 5.75 Å². The van der Waals surface area contributed by atoms with E-state index in [4.69, 9.17) is 8.85 Å². The van der Waals surface area contributed by atoms with E-state index < -0.39 is 30.4 Å². The molecule has 14 heavy (non-hydrogen) atoms. The van der Waals surface area contributed by atoms with Crippen LogP contribution >= 0.6 is 12.6 Å². The third-order valence-corrected chi connectivity index (χ3v) is 1.54. The normalized spacial score (nSPS) is 17.3. The van der Waals surface area contributed by atoms with E-state index in [2.05, 4.69) is 17.9 Å². The van der Waals surface area contributed by atoms with Crippen LogP contribution in [0.3, 0.4) is 0 Å². The summed E-state index contributed by atoms with van der Waals surface area (Å²) >= 11 is 3.88. The summed E-state index contributed by atoms with van der Waals surface area (Å²) in [6.07, 6.45) is 0. The second-order valence-corrected chi connectivity index (χ2v) is 4.11. The topological polar surface area (TPSA) is 55.4 Å². The highest BCUT2D eigenvalue weighted by molar-refractivity contribution is 7.80. The lowest BCUT2D eigenvalue weighted by Gasteiger charge is -2.23. The number of rotatable bonds is 3. The van der Waals surface area contributed by atoms with E-state index >= 15 is 0 Å². The lowest BCUT2D eigenvalue weighted by atomic mass is 10.2. The minimum Gasteiger partial charge on any atom is -0.458 e. The molecule has 0 rings (SSSR count). The average Bonchev–Trinajstić information content (AvgIpc) is 2.08. The Morgan fingerprint density at radius 3 is 2.50 bits per heavy atom. The van der Waals surface area contributed by atoms with Gasteiger partial charge in [0.05, 0.1) is 0 Å². The van der Waals surface area contributed by atoms with E-state index in [1.165, 1.54) is 0 Å². The van der Waals surface area contributed by atoms with Gasteiger partial charge in [-0.1, -0.05) is 0 Å². The first-order chi connectivity index (χ1) is 7.47. The van der Waals surface area contributed by atoms with Crippen LogP contribution in [0.1, 0.15) is 31.7 Å². The van der Waals surface area contributed by atoms with Crippen LogP contribution < -0.4 is 5.32 Å². The van der Waals surface area contributed by atoms with E-state index in [1.807, 2.05) is 0 Å². The molecular weight excluding hydrogens is 202 g/mol. The van der Waals surface area contributed by atoms with Crippen molar-refractivity contribution in [2.45, 2.75) is 39.3 Å². The fraction of sp³-hybridized carbons (Fsp3) is 0.778. The van der Waals surface area contributed by atoms with Crippen LogP contribution in [0.25, 0.3) is 0 Å². The van der Waals surface area contributed by atoms with E-state index in [0.29, 0.717) is 0 Å². The second-order valence-electron chi connectivity index (χ2n) is 3.74. The van der Waals surface area contributed by atoms with Crippen LogP contribution in [0.15, 0.2) is 0 Å². The van der Waals surface area contributed by atoms with Gasteiger partial charge >= 0.3 is 5.97 Å². The lowest BCUT2D eigenvalue weighted by molar-refractivity contribution is -0.157. The molecule has 0 bridgehead atoms. The summed E-state index contributed by atoms with van der Waals surface area (Å²) in [6.45, 7) is 2.23. The highest BCUT2D eigenvalue weighted by Crippen LogP contribution is 2.08. The molecule has 4 nitrogen and oxygen atoms in total. The van der Waals surface area contributed by atoms with E-state index in [0.717, 1.165) is 0 Å². The van der Waals surface area contributed by atoms with Crippen molar-refractivity contribution < 1.29 is 18.4 Å². The van der Waals surface area contributed by atoms with Crippen LogP contribution in [-0.4, -0.2) is 29.3 Å². The molecule has 0 aliphatic rings. The molecule has 0 spiro atoms. The minimum atomic E-state index is -2.79. The summed E-state index contributed by atoms with van der Waals surface area (Å²) in [5.74, 6) is -1.93. The van der Waals surface area contributed by atoms with Crippen molar-refractivity contribution in [1.82, 2.24) is 5.32 Å². The fourth-order valence-electron chi connectivity index (χ4n) is 0.710. The molecule has 0 aromatic heterocycles. The summed E-state index contributed by atoms with van der Waals surface area (Å²) < 4.78 is 25.6. The molecule has 0 saturated heterocycles. The van der Waals surface area contributed by atoms with Crippen LogP contribution in [-0.2, 0) is 14.3 Å². The third-order valence-electron chi connectivity index (χ3n) is 1.18. The van der Waals surface area contributed by atoms with Gasteiger partial charge in [0.15, 0.2) is 0 Å². The van der Waals surface area contributed by atoms with Crippen molar-refractivity contribution in [3.63, 3.8) is 0 Å². The molecule has 1 amide bonds. The van der Waals surface area contributed by atoms with Gasteiger partial charge in [-0.05, 0) is 20.8 Å². The Morgan fingerprint density at radius 2 is 2.14 bits per heavy atom. The Kier molecular flexibility index (Phi) is 3.21. The number of nitrogens with one attached hydrogen (secondary N) is 1. The van der Waals surface area contributed by atoms with Gasteiger partial charge in [0.25, 0.3) is 0 Å². The van der Waals surface area contributed by atoms with Crippen LogP contribution in [0.2, 0.25) is 0 Å². The molecular formula is C9H17NO3S. The highest BCUT2D eigenvalue weighted by atomic mass is 32.1. The van der Waals surface area contributed by atoms with Gasteiger partial charge in [-0.3, -0.25) is 4.79 Å². The number of ether oxygens (including phenoxy) is 1. The van der Waals surface area contributed by atoms with Gasteiger partial charge in [0.1, 0.15) is 11.6 Å². The Hall–Kier alpha value is -0.710. The maximum Gasteiger partial charge on any atom is 0.330 e. The summed E-state index contributed by atoms with van der Waals surface area (Å²) in [7, 11) is 0. The zero-order valence-electron chi connectivity index (χ0n) is 11.5. The zero-order valence-corrected chi connectivity index (χ0v) is 9.35. The van der Waals surface area contributed by atoms with Crippen molar-refractivity contribution in [2.24, 2.45) is 0 Å². The lowest BCUT2D eigenvalue weighted by Crippen LogP contribution is -2.44. The number of hydrogen-bond donors (Lipinski definition) is 2. The molecule has 0 unspecified atom stereocenters. The number of thiol groups is 1. The molecule has 0 radical (unpaired) electrons. The van der Waals surface area contributed by atoms with Crippen LogP contribution in [0, 0.1) is 0 Å². The number of hydrogen-bond acceptors (Lipinski definition) is 4. The van der Waals surface area contributed by atoms with Crippen molar-refractivity contribution in [3.8, 4) is 0 Å². The number of carbonyl (C=O) groups is 2. The van der Waals surface area contributed by atoms with Crippen molar-refractivity contribution >= 4 is 24.5 Å². The predicted molar refractivity (Wildman–Crippen MR) is 57.3 cm³/mol. The van der Waals surface area contributed by atoms with E-state index in [-0.39, 0.29) is 5.75 Å². The third kappa shape index (κ3) is 5.85. The van der Waals surface area contributed by atoms with Gasteiger partial charge in [-0.15, -0.1) is 0 Å². The standard InChI is InChI=1S/C9H17NO3S/c1-6(11)10-7(5-14)8(12)13-9(2,3)4/h7,14H,5H2,1-4H3,(H,10,11)/t7-/m0/s1/i1D3. The number of amides is 1. The summed E-state index contributed by atoms with van der Waals surface area (Å²) in [5, 5.41) is 2.08. The van der Waals surface area contributed by atoms with Crippen LogP contribution in [0.4, 0.5) is 0 Å². The first kappa shape index (κ1) is 8.59. The Morgan fingerprint density at radius 1 is 1.57 bits per heavy atom. The van der Waals surface area contributed by atoms with Gasteiger partial charge in [0, 0.05) is 16.7 Å². The van der Waals surface area contributed by atoms with Crippen LogP contribution in [0.5, 0.6) is 0 Å². The molecule has 0 saturated carbocycles. The SMILES string of the molecule is [2H]C([2H])([2H])C(=O)N[C@@H](CS)C(=O)OC(C)(C)C. The zero-order chi connectivity index (χ0) is 13.9. The Labute approximate surface area is 94.0 Å². The van der Waals surface area contributed by atoms with Crippen molar-refractivity contribution in [1.29, 1.82) is 0 Å². The Balaban J connectivity index is 4.55. The van der Waals surface area contributed by atoms with Gasteiger partial charge < -0.3 is 10.1 Å². The Bertz CT molecular complexity index is 299. The summed E-state index contributed by atoms with van der Waals surface area (Å²) in [6, 6.07) is -1.06. The fourth-order valence-corrected chi connectivity index (χ4v) is 0.951. The maximum absolute atomic E-state index is 11.6. The predicted octanol–water partition coefficient (Wildman–Crippen LogP) is 0.763. The molecule has 5 heteroatoms. The molecule has 0 aromatic rings. The molecule has 0 aliphatic heterocycles. The van der Waals surface area contributed by atoms with E-state index in [1.54, 1.807) is 20.8 Å². The first-order valence-corrected chi connectivity index (χ1v) is 4.75. The quantitative estimate of drug-likeness (QED) is 0.547. The first-order valence-electron chi connectivity index (χ1n) is 5.62. The average molecular weight is 222 g/mol. The van der Waals surface area contributed by atoms with Gasteiger partial charge in [0.2, 0.25) is 5.91 Å². The molecule has 0 heterocycles. The molecule has 0 fully saturated rings. The summed E-state index contributed by atoms with van der Waals surface area (Å²) in [5.41, 5.74) is -0.705. The van der Waals surface area contributed by atoms with Gasteiger partial charge in [-0.25, -0.2) is 4.79 Å².